The van der Waals surface area contributed by atoms with Crippen LogP contribution in [0.1, 0.15) is 26.3 Å². The van der Waals surface area contributed by atoms with Gasteiger partial charge in [0.1, 0.15) is 5.60 Å². The largest absolute Gasteiger partial charge is 0.444 e. The molecular weight excluding hydrogens is 348 g/mol. The number of carbonyl (C=O) groups is 2. The highest BCUT2D eigenvalue weighted by Crippen LogP contribution is 2.31. The van der Waals surface area contributed by atoms with Crippen molar-refractivity contribution < 1.29 is 23.8 Å². The molecule has 0 radical (unpaired) electrons. The third kappa shape index (κ3) is 5.88. The van der Waals surface area contributed by atoms with Crippen LogP contribution in [0.15, 0.2) is 24.3 Å². The summed E-state index contributed by atoms with van der Waals surface area (Å²) in [7, 11) is 0. The zero-order valence-electron chi connectivity index (χ0n) is 14.6. The van der Waals surface area contributed by atoms with Gasteiger partial charge < -0.3 is 24.8 Å². The van der Waals surface area contributed by atoms with E-state index >= 15 is 0 Å². The van der Waals surface area contributed by atoms with Crippen LogP contribution in [0, 0.1) is 0 Å². The average Bonchev–Trinajstić information content (AvgIpc) is 3.00. The Bertz CT molecular complexity index is 606. The summed E-state index contributed by atoms with van der Waals surface area (Å²) in [6.45, 7) is 6.00. The van der Waals surface area contributed by atoms with Crippen LogP contribution in [0.3, 0.4) is 0 Å². The Labute approximate surface area is 152 Å². The fourth-order valence-electron chi connectivity index (χ4n) is 2.27. The highest BCUT2D eigenvalue weighted by atomic mass is 35.5. The van der Waals surface area contributed by atoms with Crippen LogP contribution in [0.2, 0.25) is 5.02 Å². The van der Waals surface area contributed by atoms with Gasteiger partial charge in [-0.2, -0.15) is 0 Å². The molecule has 0 atom stereocenters. The first-order valence-corrected chi connectivity index (χ1v) is 8.35. The third-order valence-electron chi connectivity index (χ3n) is 3.35. The summed E-state index contributed by atoms with van der Waals surface area (Å²) < 4.78 is 16.5. The Hall–Kier alpha value is -1.83. The second-order valence-corrected chi connectivity index (χ2v) is 7.03. The van der Waals surface area contributed by atoms with Crippen molar-refractivity contribution >= 4 is 23.6 Å². The number of halogens is 1. The van der Waals surface area contributed by atoms with Gasteiger partial charge in [-0.05, 0) is 32.9 Å². The summed E-state index contributed by atoms with van der Waals surface area (Å²) in [6, 6.07) is 7.04. The van der Waals surface area contributed by atoms with Gasteiger partial charge in [0, 0.05) is 10.6 Å². The summed E-state index contributed by atoms with van der Waals surface area (Å²) in [5.74, 6) is -1.43. The molecule has 7 nitrogen and oxygen atoms in total. The number of benzene rings is 1. The van der Waals surface area contributed by atoms with Gasteiger partial charge in [-0.15, -0.1) is 0 Å². The smallest absolute Gasteiger partial charge is 0.408 e. The SMILES string of the molecule is CC(C)(C)OC(=O)NCC(=O)NCC1(c2ccc(Cl)cc2)OCCO1. The molecule has 1 fully saturated rings. The zero-order chi connectivity index (χ0) is 18.5. The van der Waals surface area contributed by atoms with Crippen molar-refractivity contribution in [3.8, 4) is 0 Å². The molecule has 0 bridgehead atoms. The van der Waals surface area contributed by atoms with E-state index in [0.29, 0.717) is 18.2 Å². The molecule has 1 aliphatic heterocycles. The normalized spacial score (nSPS) is 16.3. The molecule has 1 saturated heterocycles. The maximum atomic E-state index is 12.0. The van der Waals surface area contributed by atoms with Crippen molar-refractivity contribution in [3.63, 3.8) is 0 Å². The molecule has 1 aromatic rings. The van der Waals surface area contributed by atoms with Crippen LogP contribution in [0.4, 0.5) is 4.79 Å². The molecule has 1 heterocycles. The first-order valence-electron chi connectivity index (χ1n) is 7.98. The van der Waals surface area contributed by atoms with Gasteiger partial charge in [-0.25, -0.2) is 4.79 Å². The van der Waals surface area contributed by atoms with E-state index in [2.05, 4.69) is 10.6 Å². The number of hydrogen-bond donors (Lipinski definition) is 2. The molecule has 8 heteroatoms. The lowest BCUT2D eigenvalue weighted by Crippen LogP contribution is -2.45. The van der Waals surface area contributed by atoms with Gasteiger partial charge in [-0.3, -0.25) is 4.79 Å². The Kier molecular flexibility index (Phi) is 6.26. The number of hydrogen-bond acceptors (Lipinski definition) is 5. The number of carbonyl (C=O) groups excluding carboxylic acids is 2. The van der Waals surface area contributed by atoms with E-state index in [9.17, 15) is 9.59 Å². The van der Waals surface area contributed by atoms with Crippen LogP contribution in [0.25, 0.3) is 0 Å². The maximum Gasteiger partial charge on any atom is 0.408 e. The van der Waals surface area contributed by atoms with E-state index in [1.54, 1.807) is 45.0 Å². The molecule has 138 valence electrons. The highest BCUT2D eigenvalue weighted by Gasteiger charge is 2.39. The van der Waals surface area contributed by atoms with Crippen molar-refractivity contribution in [2.75, 3.05) is 26.3 Å². The molecule has 0 aromatic heterocycles. The van der Waals surface area contributed by atoms with Crippen molar-refractivity contribution in [2.45, 2.75) is 32.2 Å². The minimum atomic E-state index is -1.05. The van der Waals surface area contributed by atoms with E-state index in [4.69, 9.17) is 25.8 Å². The third-order valence-corrected chi connectivity index (χ3v) is 3.60. The second kappa shape index (κ2) is 8.03. The molecule has 2 amide bonds. The van der Waals surface area contributed by atoms with Crippen LogP contribution >= 0.6 is 11.6 Å². The quantitative estimate of drug-likeness (QED) is 0.829. The highest BCUT2D eigenvalue weighted by molar-refractivity contribution is 6.30. The molecular formula is C17H23ClN2O5. The molecule has 25 heavy (non-hydrogen) atoms. The summed E-state index contributed by atoms with van der Waals surface area (Å²) in [5.41, 5.74) is 0.139. The number of rotatable bonds is 5. The lowest BCUT2D eigenvalue weighted by molar-refractivity contribution is -0.164. The summed E-state index contributed by atoms with van der Waals surface area (Å²) >= 11 is 5.90. The lowest BCUT2D eigenvalue weighted by Gasteiger charge is -2.28. The fraction of sp³-hybridized carbons (Fsp3) is 0.529. The van der Waals surface area contributed by atoms with Gasteiger partial charge in [0.2, 0.25) is 11.7 Å². The summed E-state index contributed by atoms with van der Waals surface area (Å²) in [5, 5.41) is 5.71. The maximum absolute atomic E-state index is 12.0. The van der Waals surface area contributed by atoms with Crippen molar-refractivity contribution in [1.82, 2.24) is 10.6 Å². The molecule has 0 saturated carbocycles. The average molecular weight is 371 g/mol. The van der Waals surface area contributed by atoms with E-state index in [1.807, 2.05) is 0 Å². The van der Waals surface area contributed by atoms with Gasteiger partial charge in [0.25, 0.3) is 0 Å². The molecule has 0 unspecified atom stereocenters. The molecule has 2 rings (SSSR count). The number of amides is 2. The van der Waals surface area contributed by atoms with Gasteiger partial charge >= 0.3 is 6.09 Å². The molecule has 1 aliphatic rings. The molecule has 0 spiro atoms. The van der Waals surface area contributed by atoms with Gasteiger partial charge in [0.05, 0.1) is 26.3 Å². The molecule has 2 N–H and O–H groups in total. The predicted octanol–water partition coefficient (Wildman–Crippen LogP) is 2.18. The predicted molar refractivity (Wildman–Crippen MR) is 92.3 cm³/mol. The van der Waals surface area contributed by atoms with E-state index in [0.717, 1.165) is 5.56 Å². The fourth-order valence-corrected chi connectivity index (χ4v) is 2.40. The standard InChI is InChI=1S/C17H23ClN2O5/c1-16(2,3)25-15(22)19-10-14(21)20-11-17(23-8-9-24-17)12-4-6-13(18)7-5-12/h4-7H,8-11H2,1-3H3,(H,19,22)(H,20,21). The number of alkyl carbamates (subject to hydrolysis) is 1. The van der Waals surface area contributed by atoms with E-state index in [-0.39, 0.29) is 19.0 Å². The summed E-state index contributed by atoms with van der Waals surface area (Å²) in [6.07, 6.45) is -0.650. The first-order chi connectivity index (χ1) is 11.7. The van der Waals surface area contributed by atoms with Crippen LogP contribution in [0.5, 0.6) is 0 Å². The minimum absolute atomic E-state index is 0.115. The van der Waals surface area contributed by atoms with Crippen molar-refractivity contribution in [2.24, 2.45) is 0 Å². The monoisotopic (exact) mass is 370 g/mol. The van der Waals surface area contributed by atoms with Gasteiger partial charge in [0.15, 0.2) is 0 Å². The Morgan fingerprint density at radius 2 is 1.76 bits per heavy atom. The molecule has 1 aromatic carbocycles. The van der Waals surface area contributed by atoms with E-state index < -0.39 is 17.5 Å². The summed E-state index contributed by atoms with van der Waals surface area (Å²) in [4.78, 5) is 23.5. The van der Waals surface area contributed by atoms with Gasteiger partial charge in [-0.1, -0.05) is 23.7 Å². The Morgan fingerprint density at radius 1 is 1.16 bits per heavy atom. The Morgan fingerprint density at radius 3 is 2.32 bits per heavy atom. The topological polar surface area (TPSA) is 85.9 Å². The minimum Gasteiger partial charge on any atom is -0.444 e. The van der Waals surface area contributed by atoms with E-state index in [1.165, 1.54) is 0 Å². The number of nitrogens with one attached hydrogen (secondary N) is 2. The van der Waals surface area contributed by atoms with Crippen LogP contribution < -0.4 is 10.6 Å². The van der Waals surface area contributed by atoms with Crippen molar-refractivity contribution in [1.29, 1.82) is 0 Å². The Balaban J connectivity index is 1.88. The van der Waals surface area contributed by atoms with Crippen LogP contribution in [-0.4, -0.2) is 43.9 Å². The first kappa shape index (κ1) is 19.5. The molecule has 0 aliphatic carbocycles. The second-order valence-electron chi connectivity index (χ2n) is 6.59. The van der Waals surface area contributed by atoms with Crippen molar-refractivity contribution in [3.05, 3.63) is 34.9 Å². The number of ether oxygens (including phenoxy) is 3. The van der Waals surface area contributed by atoms with Crippen LogP contribution in [-0.2, 0) is 24.8 Å². The zero-order valence-corrected chi connectivity index (χ0v) is 15.3. The lowest BCUT2D eigenvalue weighted by atomic mass is 10.1.